The molecular weight excluding hydrogens is 326 g/mol. The molecule has 1 rings (SSSR count). The van der Waals surface area contributed by atoms with Gasteiger partial charge in [-0.3, -0.25) is 4.79 Å². The predicted octanol–water partition coefficient (Wildman–Crippen LogP) is 1.90. The van der Waals surface area contributed by atoms with Crippen LogP contribution in [-0.4, -0.2) is 25.4 Å². The van der Waals surface area contributed by atoms with Crippen LogP contribution in [-0.2, 0) is 21.4 Å². The Morgan fingerprint density at radius 2 is 1.75 bits per heavy atom. The first-order valence-corrected chi connectivity index (χ1v) is 9.56. The number of benzene rings is 1. The largest absolute Gasteiger partial charge is 0.350 e. The number of hydrogen-bond donors (Lipinski definition) is 3. The SMILES string of the molecule is CCCC(C)(N)C(=O)NCc1ccccc1S(=O)(=O)NC(C)(C)C. The molecule has 1 unspecified atom stereocenters. The van der Waals surface area contributed by atoms with Crippen molar-refractivity contribution < 1.29 is 13.2 Å². The third-order valence-electron chi connectivity index (χ3n) is 3.43. The number of carbonyl (C=O) groups excluding carboxylic acids is 1. The summed E-state index contributed by atoms with van der Waals surface area (Å²) in [6.45, 7) is 9.07. The third kappa shape index (κ3) is 5.89. The monoisotopic (exact) mass is 355 g/mol. The first kappa shape index (κ1) is 20.6. The topological polar surface area (TPSA) is 101 Å². The fraction of sp³-hybridized carbons (Fsp3) is 0.588. The number of rotatable bonds is 7. The van der Waals surface area contributed by atoms with Crippen molar-refractivity contribution in [3.8, 4) is 0 Å². The molecule has 0 bridgehead atoms. The molecule has 1 amide bonds. The van der Waals surface area contributed by atoms with Crippen molar-refractivity contribution in [2.24, 2.45) is 5.73 Å². The van der Waals surface area contributed by atoms with E-state index in [4.69, 9.17) is 5.73 Å². The molecule has 1 atom stereocenters. The molecule has 0 aliphatic heterocycles. The molecule has 1 aromatic rings. The van der Waals surface area contributed by atoms with Gasteiger partial charge in [0, 0.05) is 12.1 Å². The maximum Gasteiger partial charge on any atom is 0.241 e. The summed E-state index contributed by atoms with van der Waals surface area (Å²) in [7, 11) is -3.67. The smallest absolute Gasteiger partial charge is 0.241 e. The van der Waals surface area contributed by atoms with Gasteiger partial charge in [0.05, 0.1) is 10.4 Å². The van der Waals surface area contributed by atoms with E-state index in [0.29, 0.717) is 12.0 Å². The molecule has 7 heteroatoms. The Morgan fingerprint density at radius 1 is 1.17 bits per heavy atom. The maximum absolute atomic E-state index is 12.6. The van der Waals surface area contributed by atoms with Crippen molar-refractivity contribution in [2.45, 2.75) is 70.0 Å². The summed E-state index contributed by atoms with van der Waals surface area (Å²) in [6.07, 6.45) is 1.35. The number of sulfonamides is 1. The first-order valence-electron chi connectivity index (χ1n) is 8.08. The van der Waals surface area contributed by atoms with E-state index in [2.05, 4.69) is 10.0 Å². The Kier molecular flexibility index (Phi) is 6.55. The lowest BCUT2D eigenvalue weighted by Gasteiger charge is -2.24. The van der Waals surface area contributed by atoms with Crippen LogP contribution in [0.1, 0.15) is 53.0 Å². The zero-order chi connectivity index (χ0) is 18.6. The molecule has 4 N–H and O–H groups in total. The predicted molar refractivity (Wildman–Crippen MR) is 95.9 cm³/mol. The minimum Gasteiger partial charge on any atom is -0.350 e. The van der Waals surface area contributed by atoms with Gasteiger partial charge >= 0.3 is 0 Å². The molecule has 6 nitrogen and oxygen atoms in total. The van der Waals surface area contributed by atoms with Gasteiger partial charge in [0.2, 0.25) is 15.9 Å². The fourth-order valence-corrected chi connectivity index (χ4v) is 4.04. The highest BCUT2D eigenvalue weighted by Gasteiger charge is 2.28. The van der Waals surface area contributed by atoms with Crippen LogP contribution in [0.4, 0.5) is 0 Å². The molecular formula is C17H29N3O3S. The van der Waals surface area contributed by atoms with Gasteiger partial charge in [-0.2, -0.15) is 0 Å². The van der Waals surface area contributed by atoms with E-state index in [1.165, 1.54) is 6.07 Å². The van der Waals surface area contributed by atoms with Gasteiger partial charge in [-0.25, -0.2) is 13.1 Å². The summed E-state index contributed by atoms with van der Waals surface area (Å²) in [5.74, 6) is -0.291. The molecule has 0 radical (unpaired) electrons. The number of amides is 1. The third-order valence-corrected chi connectivity index (χ3v) is 5.29. The summed E-state index contributed by atoms with van der Waals surface area (Å²) in [6, 6.07) is 6.62. The van der Waals surface area contributed by atoms with Crippen molar-refractivity contribution in [3.63, 3.8) is 0 Å². The van der Waals surface area contributed by atoms with Crippen molar-refractivity contribution in [3.05, 3.63) is 29.8 Å². The van der Waals surface area contributed by atoms with Gasteiger partial charge in [-0.05, 0) is 45.7 Å². The summed E-state index contributed by atoms with van der Waals surface area (Å²) in [5.41, 5.74) is 4.97. The van der Waals surface area contributed by atoms with Crippen LogP contribution in [0.5, 0.6) is 0 Å². The molecule has 0 aliphatic carbocycles. The molecule has 0 aromatic heterocycles. The molecule has 1 aromatic carbocycles. The second kappa shape index (κ2) is 7.63. The zero-order valence-electron chi connectivity index (χ0n) is 15.1. The van der Waals surface area contributed by atoms with E-state index in [0.717, 1.165) is 6.42 Å². The molecule has 24 heavy (non-hydrogen) atoms. The van der Waals surface area contributed by atoms with E-state index in [1.807, 2.05) is 6.92 Å². The number of nitrogens with two attached hydrogens (primary N) is 1. The lowest BCUT2D eigenvalue weighted by molar-refractivity contribution is -0.126. The van der Waals surface area contributed by atoms with E-state index in [9.17, 15) is 13.2 Å². The Hall–Kier alpha value is -1.44. The lowest BCUT2D eigenvalue weighted by Crippen LogP contribution is -2.51. The molecule has 0 spiro atoms. The summed E-state index contributed by atoms with van der Waals surface area (Å²) >= 11 is 0. The van der Waals surface area contributed by atoms with Gasteiger partial charge in [0.25, 0.3) is 0 Å². The Bertz CT molecular complexity index is 677. The minimum absolute atomic E-state index is 0.108. The Morgan fingerprint density at radius 3 is 2.29 bits per heavy atom. The minimum atomic E-state index is -3.67. The second-order valence-electron chi connectivity index (χ2n) is 7.31. The number of hydrogen-bond acceptors (Lipinski definition) is 4. The van der Waals surface area contributed by atoms with Crippen LogP contribution >= 0.6 is 0 Å². The van der Waals surface area contributed by atoms with Gasteiger partial charge in [-0.1, -0.05) is 31.5 Å². The molecule has 0 saturated heterocycles. The molecule has 0 heterocycles. The fourth-order valence-electron chi connectivity index (χ4n) is 2.38. The van der Waals surface area contributed by atoms with Crippen LogP contribution < -0.4 is 15.8 Å². The molecule has 0 aliphatic rings. The molecule has 0 saturated carbocycles. The van der Waals surface area contributed by atoms with Gasteiger partial charge < -0.3 is 11.1 Å². The van der Waals surface area contributed by atoms with Crippen molar-refractivity contribution >= 4 is 15.9 Å². The molecule has 136 valence electrons. The first-order chi connectivity index (χ1) is 10.9. The lowest BCUT2D eigenvalue weighted by atomic mass is 9.96. The van der Waals surface area contributed by atoms with Crippen LogP contribution in [0.25, 0.3) is 0 Å². The van der Waals surface area contributed by atoms with Crippen LogP contribution in [0.2, 0.25) is 0 Å². The highest BCUT2D eigenvalue weighted by atomic mass is 32.2. The van der Waals surface area contributed by atoms with Gasteiger partial charge in [-0.15, -0.1) is 0 Å². The second-order valence-corrected chi connectivity index (χ2v) is 8.96. The highest BCUT2D eigenvalue weighted by molar-refractivity contribution is 7.89. The Balaban J connectivity index is 2.98. The van der Waals surface area contributed by atoms with Crippen molar-refractivity contribution in [1.82, 2.24) is 10.0 Å². The van der Waals surface area contributed by atoms with Crippen LogP contribution in [0.15, 0.2) is 29.2 Å². The zero-order valence-corrected chi connectivity index (χ0v) is 16.0. The standard InChI is InChI=1S/C17H29N3O3S/c1-6-11-17(5,18)15(21)19-12-13-9-7-8-10-14(13)24(22,23)20-16(2,3)4/h7-10,20H,6,11-12,18H2,1-5H3,(H,19,21). The number of nitrogens with one attached hydrogen (secondary N) is 2. The van der Waals surface area contributed by atoms with Gasteiger partial charge in [0.1, 0.15) is 0 Å². The summed E-state index contributed by atoms with van der Waals surface area (Å²) < 4.78 is 27.8. The quantitative estimate of drug-likeness (QED) is 0.695. The van der Waals surface area contributed by atoms with E-state index in [-0.39, 0.29) is 17.3 Å². The normalized spacial score (nSPS) is 14.9. The van der Waals surface area contributed by atoms with Crippen LogP contribution in [0, 0.1) is 0 Å². The van der Waals surface area contributed by atoms with Gasteiger partial charge in [0.15, 0.2) is 0 Å². The number of carbonyl (C=O) groups is 1. The maximum atomic E-state index is 12.6. The molecule has 0 fully saturated rings. The van der Waals surface area contributed by atoms with E-state index < -0.39 is 21.1 Å². The Labute approximate surface area is 145 Å². The van der Waals surface area contributed by atoms with E-state index in [1.54, 1.807) is 45.9 Å². The average molecular weight is 356 g/mol. The summed E-state index contributed by atoms with van der Waals surface area (Å²) in [4.78, 5) is 12.4. The summed E-state index contributed by atoms with van der Waals surface area (Å²) in [5, 5.41) is 2.74. The van der Waals surface area contributed by atoms with Crippen LogP contribution in [0.3, 0.4) is 0 Å². The highest BCUT2D eigenvalue weighted by Crippen LogP contribution is 2.18. The van der Waals surface area contributed by atoms with Crippen molar-refractivity contribution in [2.75, 3.05) is 0 Å². The average Bonchev–Trinajstić information content (AvgIpc) is 2.42. The van der Waals surface area contributed by atoms with Crippen molar-refractivity contribution in [1.29, 1.82) is 0 Å². The van der Waals surface area contributed by atoms with E-state index >= 15 is 0 Å².